The minimum absolute atomic E-state index is 1.05. The fourth-order valence-electron chi connectivity index (χ4n) is 5.63. The van der Waals surface area contributed by atoms with Gasteiger partial charge in [-0.25, -0.2) is 0 Å². The minimum atomic E-state index is 1.05. The highest BCUT2D eigenvalue weighted by molar-refractivity contribution is 4.99. The number of hydrogen-bond acceptors (Lipinski definition) is 2. The Hall–Kier alpha value is -0.0800. The standard InChI is InChI=1S/C17H30N2/c1-2-8-18(7-1)12-16-14-5-6-15(11-14)17(16)13-19-9-3-4-10-19/h14-17H,1-13H2. The summed E-state index contributed by atoms with van der Waals surface area (Å²) in [5.74, 6) is 4.30. The molecule has 4 aliphatic rings. The molecule has 0 radical (unpaired) electrons. The van der Waals surface area contributed by atoms with E-state index in [-0.39, 0.29) is 0 Å². The van der Waals surface area contributed by atoms with Crippen molar-refractivity contribution in [2.75, 3.05) is 39.3 Å². The molecule has 2 aliphatic carbocycles. The first-order valence-corrected chi connectivity index (χ1v) is 8.85. The zero-order chi connectivity index (χ0) is 12.7. The number of hydrogen-bond donors (Lipinski definition) is 0. The Morgan fingerprint density at radius 2 is 1.05 bits per heavy atom. The van der Waals surface area contributed by atoms with E-state index in [1.54, 1.807) is 19.3 Å². The average molecular weight is 262 g/mol. The van der Waals surface area contributed by atoms with Gasteiger partial charge >= 0.3 is 0 Å². The van der Waals surface area contributed by atoms with Crippen LogP contribution in [0, 0.1) is 23.7 Å². The van der Waals surface area contributed by atoms with Gasteiger partial charge < -0.3 is 9.80 Å². The van der Waals surface area contributed by atoms with E-state index in [0.29, 0.717) is 0 Å². The molecular weight excluding hydrogens is 232 g/mol. The Kier molecular flexibility index (Phi) is 3.57. The largest absolute Gasteiger partial charge is 0.303 e. The van der Waals surface area contributed by atoms with Crippen molar-refractivity contribution in [3.8, 4) is 0 Å². The Morgan fingerprint density at radius 1 is 0.632 bits per heavy atom. The van der Waals surface area contributed by atoms with Gasteiger partial charge in [0.1, 0.15) is 0 Å². The summed E-state index contributed by atoms with van der Waals surface area (Å²) in [6.07, 6.45) is 10.5. The molecule has 2 saturated heterocycles. The van der Waals surface area contributed by atoms with Crippen LogP contribution in [0.3, 0.4) is 0 Å². The summed E-state index contributed by atoms with van der Waals surface area (Å²) < 4.78 is 0. The third kappa shape index (κ3) is 2.47. The maximum absolute atomic E-state index is 2.78. The molecule has 4 rings (SSSR count). The average Bonchev–Trinajstić information content (AvgIpc) is 3.15. The fraction of sp³-hybridized carbons (Fsp3) is 1.00. The molecular formula is C17H30N2. The SMILES string of the molecule is C1CCN(CC2C3CCC(C3)C2CN2CCCC2)C1. The predicted molar refractivity (Wildman–Crippen MR) is 79.2 cm³/mol. The van der Waals surface area contributed by atoms with Crippen molar-refractivity contribution in [1.29, 1.82) is 0 Å². The van der Waals surface area contributed by atoms with Gasteiger partial charge in [-0.2, -0.15) is 0 Å². The smallest absolute Gasteiger partial charge is 0.00155 e. The van der Waals surface area contributed by atoms with E-state index < -0.39 is 0 Å². The third-order valence-electron chi connectivity index (χ3n) is 6.61. The molecule has 0 N–H and O–H groups in total. The van der Waals surface area contributed by atoms with Crippen LogP contribution >= 0.6 is 0 Å². The van der Waals surface area contributed by atoms with Gasteiger partial charge in [0.25, 0.3) is 0 Å². The lowest BCUT2D eigenvalue weighted by molar-refractivity contribution is 0.123. The molecule has 4 unspecified atom stereocenters. The lowest BCUT2D eigenvalue weighted by Crippen LogP contribution is -2.39. The van der Waals surface area contributed by atoms with Gasteiger partial charge in [0.05, 0.1) is 0 Å². The van der Waals surface area contributed by atoms with Crippen molar-refractivity contribution < 1.29 is 0 Å². The summed E-state index contributed by atoms with van der Waals surface area (Å²) in [4.78, 5) is 5.56. The molecule has 19 heavy (non-hydrogen) atoms. The molecule has 2 aliphatic heterocycles. The van der Waals surface area contributed by atoms with Crippen molar-refractivity contribution >= 4 is 0 Å². The van der Waals surface area contributed by atoms with Crippen molar-refractivity contribution in [2.24, 2.45) is 23.7 Å². The van der Waals surface area contributed by atoms with Gasteiger partial charge in [0, 0.05) is 13.1 Å². The maximum Gasteiger partial charge on any atom is 0.00155 e. The second-order valence-electron chi connectivity index (χ2n) is 7.68. The summed E-state index contributed by atoms with van der Waals surface area (Å²) in [5, 5.41) is 0. The predicted octanol–water partition coefficient (Wildman–Crippen LogP) is 2.84. The van der Waals surface area contributed by atoms with Crippen LogP contribution in [0.4, 0.5) is 0 Å². The zero-order valence-electron chi connectivity index (χ0n) is 12.4. The van der Waals surface area contributed by atoms with Crippen LogP contribution in [-0.2, 0) is 0 Å². The Bertz CT molecular complexity index is 274. The number of nitrogens with zero attached hydrogens (tertiary/aromatic N) is 2. The zero-order valence-corrected chi connectivity index (χ0v) is 12.4. The molecule has 0 aromatic heterocycles. The summed E-state index contributed by atoms with van der Waals surface area (Å²) >= 11 is 0. The second kappa shape index (κ2) is 5.37. The molecule has 0 aromatic carbocycles. The number of likely N-dealkylation sites (tertiary alicyclic amines) is 2. The van der Waals surface area contributed by atoms with E-state index in [9.17, 15) is 0 Å². The Labute approximate surface area is 118 Å². The van der Waals surface area contributed by atoms with Crippen molar-refractivity contribution in [3.05, 3.63) is 0 Å². The first-order valence-electron chi connectivity index (χ1n) is 8.85. The molecule has 4 atom stereocenters. The van der Waals surface area contributed by atoms with E-state index in [2.05, 4.69) is 9.80 Å². The van der Waals surface area contributed by atoms with Crippen molar-refractivity contribution in [3.63, 3.8) is 0 Å². The molecule has 2 heteroatoms. The van der Waals surface area contributed by atoms with E-state index in [4.69, 9.17) is 0 Å². The van der Waals surface area contributed by atoms with Crippen LogP contribution in [-0.4, -0.2) is 49.1 Å². The maximum atomic E-state index is 2.78. The first-order chi connectivity index (χ1) is 9.40. The van der Waals surface area contributed by atoms with Crippen molar-refractivity contribution in [1.82, 2.24) is 9.80 Å². The van der Waals surface area contributed by atoms with E-state index in [1.807, 2.05) is 0 Å². The lowest BCUT2D eigenvalue weighted by atomic mass is 9.78. The van der Waals surface area contributed by atoms with Crippen molar-refractivity contribution in [2.45, 2.75) is 44.9 Å². The lowest BCUT2D eigenvalue weighted by Gasteiger charge is -2.36. The van der Waals surface area contributed by atoms with Gasteiger partial charge in [0.15, 0.2) is 0 Å². The molecule has 2 bridgehead atoms. The van der Waals surface area contributed by atoms with Gasteiger partial charge in [-0.3, -0.25) is 0 Å². The van der Waals surface area contributed by atoms with E-state index in [1.165, 1.54) is 65.0 Å². The van der Waals surface area contributed by atoms with Gasteiger partial charge in [-0.05, 0) is 94.8 Å². The Balaban J connectivity index is 1.40. The molecule has 0 aromatic rings. The highest BCUT2D eigenvalue weighted by Crippen LogP contribution is 2.53. The molecule has 4 fully saturated rings. The van der Waals surface area contributed by atoms with Crippen LogP contribution in [0.5, 0.6) is 0 Å². The van der Waals surface area contributed by atoms with Gasteiger partial charge in [-0.1, -0.05) is 0 Å². The topological polar surface area (TPSA) is 6.48 Å². The van der Waals surface area contributed by atoms with Crippen LogP contribution in [0.15, 0.2) is 0 Å². The molecule has 2 saturated carbocycles. The van der Waals surface area contributed by atoms with Crippen LogP contribution in [0.1, 0.15) is 44.9 Å². The summed E-state index contributed by atoms with van der Waals surface area (Å²) in [5.41, 5.74) is 0. The fourth-order valence-corrected chi connectivity index (χ4v) is 5.63. The second-order valence-corrected chi connectivity index (χ2v) is 7.68. The van der Waals surface area contributed by atoms with Gasteiger partial charge in [0.2, 0.25) is 0 Å². The first kappa shape index (κ1) is 12.6. The minimum Gasteiger partial charge on any atom is -0.303 e. The normalized spacial score (nSPS) is 43.6. The molecule has 2 nitrogen and oxygen atoms in total. The van der Waals surface area contributed by atoms with Crippen LogP contribution in [0.25, 0.3) is 0 Å². The molecule has 2 heterocycles. The van der Waals surface area contributed by atoms with E-state index >= 15 is 0 Å². The number of fused-ring (bicyclic) bond motifs is 2. The highest BCUT2D eigenvalue weighted by atomic mass is 15.2. The van der Waals surface area contributed by atoms with Crippen LogP contribution < -0.4 is 0 Å². The molecule has 108 valence electrons. The quantitative estimate of drug-likeness (QED) is 0.769. The monoisotopic (exact) mass is 262 g/mol. The highest BCUT2D eigenvalue weighted by Gasteiger charge is 2.48. The summed E-state index contributed by atoms with van der Waals surface area (Å²) in [6, 6.07) is 0. The Morgan fingerprint density at radius 3 is 1.47 bits per heavy atom. The number of rotatable bonds is 4. The third-order valence-corrected chi connectivity index (χ3v) is 6.61. The molecule has 0 spiro atoms. The summed E-state index contributed by atoms with van der Waals surface area (Å²) in [7, 11) is 0. The molecule has 0 amide bonds. The summed E-state index contributed by atoms with van der Waals surface area (Å²) in [6.45, 7) is 8.46. The van der Waals surface area contributed by atoms with Gasteiger partial charge in [-0.15, -0.1) is 0 Å². The van der Waals surface area contributed by atoms with Crippen LogP contribution in [0.2, 0.25) is 0 Å². The van der Waals surface area contributed by atoms with E-state index in [0.717, 1.165) is 23.7 Å².